The molecule has 2 aromatic carbocycles. The van der Waals surface area contributed by atoms with Crippen LogP contribution in [0.5, 0.6) is 11.5 Å². The number of carbonyl (C=O) groups is 1. The summed E-state index contributed by atoms with van der Waals surface area (Å²) in [5.74, 6) is 0.250. The maximum absolute atomic E-state index is 12.2. The normalized spacial score (nSPS) is 15.7. The summed E-state index contributed by atoms with van der Waals surface area (Å²) in [5.41, 5.74) is 1.41. The Bertz CT molecular complexity index is 825. The first-order valence-corrected chi connectivity index (χ1v) is 7.96. The van der Waals surface area contributed by atoms with Gasteiger partial charge in [-0.05, 0) is 24.3 Å². The van der Waals surface area contributed by atoms with Gasteiger partial charge in [0, 0.05) is 5.56 Å². The van der Waals surface area contributed by atoms with Crippen molar-refractivity contribution in [3.63, 3.8) is 0 Å². The maximum atomic E-state index is 12.2. The lowest BCUT2D eigenvalue weighted by molar-refractivity contribution is 0.0435. The Labute approximate surface area is 153 Å². The summed E-state index contributed by atoms with van der Waals surface area (Å²) in [7, 11) is 2.96. The molecular formula is C16H12Cl3NO4. The smallest absolute Gasteiger partial charge is 0.344 e. The number of hydrogen-bond acceptors (Lipinski definition) is 5. The van der Waals surface area contributed by atoms with E-state index >= 15 is 0 Å². The number of carbonyl (C=O) groups excluding carboxylic acids is 1. The van der Waals surface area contributed by atoms with Crippen LogP contribution in [0.3, 0.4) is 0 Å². The third-order valence-electron chi connectivity index (χ3n) is 3.59. The number of anilines is 1. The largest absolute Gasteiger partial charge is 0.493 e. The first-order valence-electron chi connectivity index (χ1n) is 6.83. The predicted molar refractivity (Wildman–Crippen MR) is 92.8 cm³/mol. The van der Waals surface area contributed by atoms with Crippen molar-refractivity contribution in [2.45, 2.75) is 6.23 Å². The van der Waals surface area contributed by atoms with Gasteiger partial charge in [-0.25, -0.2) is 4.79 Å². The van der Waals surface area contributed by atoms with E-state index < -0.39 is 12.2 Å². The second kappa shape index (κ2) is 6.59. The van der Waals surface area contributed by atoms with Crippen LogP contribution in [0.2, 0.25) is 15.1 Å². The number of ether oxygens (including phenoxy) is 3. The second-order valence-electron chi connectivity index (χ2n) is 4.94. The molecule has 24 heavy (non-hydrogen) atoms. The van der Waals surface area contributed by atoms with Gasteiger partial charge in [0.2, 0.25) is 6.23 Å². The zero-order chi connectivity index (χ0) is 17.4. The van der Waals surface area contributed by atoms with E-state index in [1.807, 2.05) is 0 Å². The summed E-state index contributed by atoms with van der Waals surface area (Å²) < 4.78 is 15.9. The zero-order valence-electron chi connectivity index (χ0n) is 12.7. The first-order chi connectivity index (χ1) is 11.5. The van der Waals surface area contributed by atoms with Crippen molar-refractivity contribution < 1.29 is 19.0 Å². The number of benzene rings is 2. The van der Waals surface area contributed by atoms with Gasteiger partial charge in [-0.2, -0.15) is 0 Å². The minimum atomic E-state index is -0.734. The van der Waals surface area contributed by atoms with Gasteiger partial charge in [0.1, 0.15) is 5.56 Å². The van der Waals surface area contributed by atoms with E-state index in [-0.39, 0.29) is 0 Å². The van der Waals surface area contributed by atoms with Gasteiger partial charge in [-0.15, -0.1) is 0 Å². The van der Waals surface area contributed by atoms with Gasteiger partial charge in [0.15, 0.2) is 11.5 Å². The quantitative estimate of drug-likeness (QED) is 0.593. The summed E-state index contributed by atoms with van der Waals surface area (Å²) in [6.07, 6.45) is -0.734. The molecule has 1 aliphatic heterocycles. The van der Waals surface area contributed by atoms with E-state index in [9.17, 15) is 4.79 Å². The number of hydrogen-bond donors (Lipinski definition) is 1. The van der Waals surface area contributed by atoms with E-state index in [2.05, 4.69) is 5.32 Å². The number of methoxy groups -OCH3 is 2. The highest BCUT2D eigenvalue weighted by molar-refractivity contribution is 6.44. The Morgan fingerprint density at radius 1 is 1.04 bits per heavy atom. The molecule has 2 aromatic rings. The van der Waals surface area contributed by atoms with Crippen molar-refractivity contribution in [1.82, 2.24) is 0 Å². The molecule has 1 N–H and O–H groups in total. The average molecular weight is 389 g/mol. The number of fused-ring (bicyclic) bond motifs is 1. The molecule has 3 rings (SSSR count). The fourth-order valence-electron chi connectivity index (χ4n) is 2.48. The number of esters is 1. The second-order valence-corrected chi connectivity index (χ2v) is 6.16. The number of nitrogens with one attached hydrogen (secondary N) is 1. The topological polar surface area (TPSA) is 56.8 Å². The Morgan fingerprint density at radius 3 is 2.42 bits per heavy atom. The Kier molecular flexibility index (Phi) is 4.67. The molecule has 0 aliphatic carbocycles. The van der Waals surface area contributed by atoms with E-state index in [1.165, 1.54) is 20.3 Å². The van der Waals surface area contributed by atoms with Crippen LogP contribution in [0.15, 0.2) is 24.3 Å². The lowest BCUT2D eigenvalue weighted by Crippen LogP contribution is -2.10. The third-order valence-corrected chi connectivity index (χ3v) is 4.62. The average Bonchev–Trinajstić information content (AvgIpc) is 2.87. The summed E-state index contributed by atoms with van der Waals surface area (Å²) in [5, 5.41) is 4.06. The van der Waals surface area contributed by atoms with Crippen molar-refractivity contribution in [2.24, 2.45) is 0 Å². The van der Waals surface area contributed by atoms with Crippen LogP contribution < -0.4 is 14.8 Å². The number of halogens is 3. The van der Waals surface area contributed by atoms with E-state index in [1.54, 1.807) is 18.2 Å². The molecule has 8 heteroatoms. The lowest BCUT2D eigenvalue weighted by Gasteiger charge is -2.16. The Balaban J connectivity index is 2.00. The van der Waals surface area contributed by atoms with Crippen LogP contribution in [0.1, 0.15) is 22.1 Å². The molecule has 0 fully saturated rings. The Morgan fingerprint density at radius 2 is 1.75 bits per heavy atom. The molecule has 0 radical (unpaired) electrons. The molecule has 1 atom stereocenters. The highest BCUT2D eigenvalue weighted by Crippen LogP contribution is 2.43. The van der Waals surface area contributed by atoms with Crippen LogP contribution in [0, 0.1) is 0 Å². The summed E-state index contributed by atoms with van der Waals surface area (Å²) in [6.45, 7) is 0. The van der Waals surface area contributed by atoms with Crippen LogP contribution in [0.4, 0.5) is 5.69 Å². The van der Waals surface area contributed by atoms with Gasteiger partial charge in [0.25, 0.3) is 0 Å². The van der Waals surface area contributed by atoms with Crippen LogP contribution in [-0.2, 0) is 4.74 Å². The van der Waals surface area contributed by atoms with Crippen LogP contribution >= 0.6 is 34.8 Å². The van der Waals surface area contributed by atoms with E-state index in [0.29, 0.717) is 43.4 Å². The monoisotopic (exact) mass is 387 g/mol. The van der Waals surface area contributed by atoms with Crippen molar-refractivity contribution in [3.05, 3.63) is 50.5 Å². The minimum Gasteiger partial charge on any atom is -0.493 e. The van der Waals surface area contributed by atoms with E-state index in [4.69, 9.17) is 49.0 Å². The molecule has 0 bridgehead atoms. The third kappa shape index (κ3) is 2.83. The molecule has 0 saturated carbocycles. The molecule has 1 aliphatic rings. The molecule has 5 nitrogen and oxygen atoms in total. The maximum Gasteiger partial charge on any atom is 0.344 e. The highest BCUT2D eigenvalue weighted by Gasteiger charge is 2.36. The fourth-order valence-corrected chi connectivity index (χ4v) is 3.08. The van der Waals surface area contributed by atoms with Crippen molar-refractivity contribution in [3.8, 4) is 11.5 Å². The molecule has 126 valence electrons. The van der Waals surface area contributed by atoms with Gasteiger partial charge < -0.3 is 19.5 Å². The molecule has 0 unspecified atom stereocenters. The molecule has 1 heterocycles. The molecule has 0 saturated heterocycles. The Hall–Kier alpha value is -1.82. The predicted octanol–water partition coefficient (Wildman–Crippen LogP) is 4.95. The summed E-state index contributed by atoms with van der Waals surface area (Å²) in [4.78, 5) is 12.2. The zero-order valence-corrected chi connectivity index (χ0v) is 14.9. The van der Waals surface area contributed by atoms with Gasteiger partial charge >= 0.3 is 5.97 Å². The molecule has 0 aromatic heterocycles. The lowest BCUT2D eigenvalue weighted by atomic mass is 10.1. The molecule has 0 spiro atoms. The first kappa shape index (κ1) is 17.0. The summed E-state index contributed by atoms with van der Waals surface area (Å²) >= 11 is 18.1. The van der Waals surface area contributed by atoms with Crippen molar-refractivity contribution in [1.29, 1.82) is 0 Å². The number of rotatable bonds is 4. The van der Waals surface area contributed by atoms with Gasteiger partial charge in [-0.1, -0.05) is 34.8 Å². The highest BCUT2D eigenvalue weighted by atomic mass is 35.5. The van der Waals surface area contributed by atoms with Crippen molar-refractivity contribution >= 4 is 46.5 Å². The molecule has 0 amide bonds. The van der Waals surface area contributed by atoms with Crippen LogP contribution in [0.25, 0.3) is 0 Å². The molecular weight excluding hydrogens is 377 g/mol. The summed E-state index contributed by atoms with van der Waals surface area (Å²) in [6, 6.07) is 6.51. The number of cyclic esters (lactones) is 1. The van der Waals surface area contributed by atoms with E-state index in [0.717, 1.165) is 0 Å². The van der Waals surface area contributed by atoms with Crippen molar-refractivity contribution in [2.75, 3.05) is 19.5 Å². The SMILES string of the molecule is COc1ccc2c(c1OC)C(=O)O[C@@H]2Nc1cc(Cl)c(Cl)cc1Cl. The van der Waals surface area contributed by atoms with Gasteiger partial charge in [0.05, 0.1) is 35.0 Å². The minimum absolute atomic E-state index is 0.311. The van der Waals surface area contributed by atoms with Crippen LogP contribution in [-0.4, -0.2) is 20.2 Å². The standard InChI is InChI=1S/C16H12Cl3NO4/c1-22-12-4-3-7-13(14(12)23-2)16(21)24-15(7)20-11-6-9(18)8(17)5-10(11)19/h3-6,15,20H,1-2H3/t15-/m0/s1. The fraction of sp³-hybridized carbons (Fsp3) is 0.188. The van der Waals surface area contributed by atoms with Gasteiger partial charge in [-0.3, -0.25) is 0 Å².